The molecule has 0 bridgehead atoms. The van der Waals surface area contributed by atoms with Gasteiger partial charge in [0.1, 0.15) is 11.3 Å². The highest BCUT2D eigenvalue weighted by atomic mass is 32.2. The van der Waals surface area contributed by atoms with E-state index in [2.05, 4.69) is 10.0 Å². The second-order valence-electron chi connectivity index (χ2n) is 6.02. The molecule has 1 atom stereocenters. The van der Waals surface area contributed by atoms with Gasteiger partial charge in [0.2, 0.25) is 0 Å². The number of nitrogens with one attached hydrogen (secondary N) is 2. The number of anilines is 2. The molecule has 2 N–H and O–H groups in total. The average Bonchev–Trinajstić information content (AvgIpc) is 2.62. The summed E-state index contributed by atoms with van der Waals surface area (Å²) in [6, 6.07) is 11.5. The van der Waals surface area contributed by atoms with Crippen molar-refractivity contribution < 1.29 is 22.4 Å². The van der Waals surface area contributed by atoms with E-state index in [1.165, 1.54) is 36.4 Å². The molecule has 0 spiro atoms. The van der Waals surface area contributed by atoms with Gasteiger partial charge in [-0.05, 0) is 49.4 Å². The third-order valence-electron chi connectivity index (χ3n) is 4.06. The third kappa shape index (κ3) is 3.24. The minimum absolute atomic E-state index is 0.00970. The van der Waals surface area contributed by atoms with Crippen LogP contribution < -0.4 is 20.4 Å². The summed E-state index contributed by atoms with van der Waals surface area (Å²) in [7, 11) is -3.89. The number of hydrogen-bond donors (Lipinski definition) is 2. The van der Waals surface area contributed by atoms with Crippen molar-refractivity contribution in [1.82, 2.24) is 0 Å². The summed E-state index contributed by atoms with van der Waals surface area (Å²) in [5.41, 5.74) is 0.443. The van der Waals surface area contributed by atoms with Gasteiger partial charge in [0.05, 0.1) is 16.3 Å². The molecule has 0 saturated carbocycles. The molecule has 1 unspecified atom stereocenters. The Balaban J connectivity index is 1.66. The molecule has 1 aliphatic heterocycles. The van der Waals surface area contributed by atoms with E-state index in [1.54, 1.807) is 19.1 Å². The highest BCUT2D eigenvalue weighted by Gasteiger charge is 2.24. The Kier molecular flexibility index (Phi) is 3.88. The van der Waals surface area contributed by atoms with Crippen molar-refractivity contribution >= 4 is 38.3 Å². The zero-order valence-corrected chi connectivity index (χ0v) is 14.9. The maximum Gasteiger partial charge on any atom is 0.336 e. The summed E-state index contributed by atoms with van der Waals surface area (Å²) in [4.78, 5) is 23.0. The number of fused-ring (bicyclic) bond motifs is 2. The van der Waals surface area contributed by atoms with Gasteiger partial charge in [-0.15, -0.1) is 0 Å². The Bertz CT molecular complexity index is 1230. The number of rotatable bonds is 3. The Hall–Kier alpha value is -3.33. The fourth-order valence-electron chi connectivity index (χ4n) is 2.70. The van der Waals surface area contributed by atoms with Gasteiger partial charge in [-0.25, -0.2) is 13.2 Å². The summed E-state index contributed by atoms with van der Waals surface area (Å²) < 4.78 is 38.3. The first kappa shape index (κ1) is 17.1. The van der Waals surface area contributed by atoms with E-state index in [0.717, 1.165) is 0 Å². The molecule has 27 heavy (non-hydrogen) atoms. The molecular weight excluding hydrogens is 372 g/mol. The van der Waals surface area contributed by atoms with Crippen LogP contribution in [0.1, 0.15) is 6.92 Å². The van der Waals surface area contributed by atoms with Crippen LogP contribution in [-0.2, 0) is 14.8 Å². The van der Waals surface area contributed by atoms with Crippen molar-refractivity contribution in [3.63, 3.8) is 0 Å². The molecule has 4 rings (SSSR count). The van der Waals surface area contributed by atoms with Crippen molar-refractivity contribution in [3.05, 3.63) is 59.0 Å². The van der Waals surface area contributed by atoms with Gasteiger partial charge in [0, 0.05) is 11.5 Å². The summed E-state index contributed by atoms with van der Waals surface area (Å²) in [6.45, 7) is 1.62. The van der Waals surface area contributed by atoms with Crippen molar-refractivity contribution in [2.45, 2.75) is 17.9 Å². The Labute approximate surface area is 153 Å². The molecule has 0 aliphatic carbocycles. The Morgan fingerprint density at radius 2 is 1.85 bits per heavy atom. The third-order valence-corrected chi connectivity index (χ3v) is 5.44. The van der Waals surface area contributed by atoms with E-state index in [4.69, 9.17) is 9.15 Å². The van der Waals surface area contributed by atoms with Crippen LogP contribution in [0.15, 0.2) is 62.6 Å². The summed E-state index contributed by atoms with van der Waals surface area (Å²) in [6.07, 6.45) is -0.613. The number of sulfonamides is 1. The molecule has 2 aromatic carbocycles. The lowest BCUT2D eigenvalue weighted by Gasteiger charge is -2.23. The first-order valence-electron chi connectivity index (χ1n) is 8.00. The molecule has 138 valence electrons. The van der Waals surface area contributed by atoms with Crippen LogP contribution in [0.4, 0.5) is 11.4 Å². The molecule has 1 amide bonds. The quantitative estimate of drug-likeness (QED) is 0.668. The fraction of sp³-hybridized carbons (Fsp3) is 0.111. The van der Waals surface area contributed by atoms with Gasteiger partial charge in [-0.1, -0.05) is 0 Å². The maximum absolute atomic E-state index is 12.7. The first-order chi connectivity index (χ1) is 12.8. The molecule has 0 radical (unpaired) electrons. The van der Waals surface area contributed by atoms with Crippen LogP contribution in [0.25, 0.3) is 11.0 Å². The summed E-state index contributed by atoms with van der Waals surface area (Å²) in [5, 5.41) is 3.15. The maximum atomic E-state index is 12.7. The minimum Gasteiger partial charge on any atom is -0.479 e. The molecule has 8 nitrogen and oxygen atoms in total. The lowest BCUT2D eigenvalue weighted by molar-refractivity contribution is -0.122. The predicted molar refractivity (Wildman–Crippen MR) is 98.5 cm³/mol. The molecule has 0 saturated heterocycles. The van der Waals surface area contributed by atoms with E-state index in [-0.39, 0.29) is 16.5 Å². The van der Waals surface area contributed by atoms with Gasteiger partial charge in [-0.2, -0.15) is 0 Å². The smallest absolute Gasteiger partial charge is 0.336 e. The molecule has 1 aliphatic rings. The number of ether oxygens (including phenoxy) is 1. The number of carbonyl (C=O) groups excluding carboxylic acids is 1. The van der Waals surface area contributed by atoms with Crippen LogP contribution in [-0.4, -0.2) is 20.4 Å². The van der Waals surface area contributed by atoms with Gasteiger partial charge in [0.15, 0.2) is 6.10 Å². The van der Waals surface area contributed by atoms with Crippen molar-refractivity contribution in [2.24, 2.45) is 0 Å². The zero-order chi connectivity index (χ0) is 19.2. The largest absolute Gasteiger partial charge is 0.479 e. The predicted octanol–water partition coefficient (Wildman–Crippen LogP) is 2.31. The van der Waals surface area contributed by atoms with Gasteiger partial charge < -0.3 is 14.5 Å². The summed E-state index contributed by atoms with van der Waals surface area (Å²) >= 11 is 0. The average molecular weight is 386 g/mol. The number of amides is 1. The van der Waals surface area contributed by atoms with Crippen LogP contribution in [0.3, 0.4) is 0 Å². The zero-order valence-electron chi connectivity index (χ0n) is 14.1. The van der Waals surface area contributed by atoms with Gasteiger partial charge in [0.25, 0.3) is 15.9 Å². The van der Waals surface area contributed by atoms with Crippen LogP contribution in [0, 0.1) is 0 Å². The second kappa shape index (κ2) is 6.13. The molecule has 9 heteroatoms. The monoisotopic (exact) mass is 386 g/mol. The standard InChI is InChI=1S/C18H14N2O6S/c1-10-18(22)19-14-9-12(3-5-16(14)25-10)20-27(23,24)13-4-6-15-11(8-13)2-7-17(21)26-15/h2-10,20H,1H3,(H,19,22). The normalized spacial score (nSPS) is 16.3. The Morgan fingerprint density at radius 1 is 1.04 bits per heavy atom. The van der Waals surface area contributed by atoms with Crippen molar-refractivity contribution in [1.29, 1.82) is 0 Å². The second-order valence-corrected chi connectivity index (χ2v) is 7.70. The first-order valence-corrected chi connectivity index (χ1v) is 9.48. The van der Waals surface area contributed by atoms with Crippen LogP contribution >= 0.6 is 0 Å². The van der Waals surface area contributed by atoms with E-state index >= 15 is 0 Å². The fourth-order valence-corrected chi connectivity index (χ4v) is 3.79. The molecular formula is C18H14N2O6S. The highest BCUT2D eigenvalue weighted by molar-refractivity contribution is 7.92. The van der Waals surface area contributed by atoms with Gasteiger partial charge >= 0.3 is 5.63 Å². The SMILES string of the molecule is CC1Oc2ccc(NS(=O)(=O)c3ccc4oc(=O)ccc4c3)cc2NC1=O. The Morgan fingerprint density at radius 3 is 2.67 bits per heavy atom. The topological polar surface area (TPSA) is 115 Å². The summed E-state index contributed by atoms with van der Waals surface area (Å²) in [5.74, 6) is 0.157. The van der Waals surface area contributed by atoms with Crippen molar-refractivity contribution in [2.75, 3.05) is 10.0 Å². The van der Waals surface area contributed by atoms with Crippen LogP contribution in [0.5, 0.6) is 5.75 Å². The lowest BCUT2D eigenvalue weighted by Crippen LogP contribution is -2.34. The number of carbonyl (C=O) groups is 1. The number of hydrogen-bond acceptors (Lipinski definition) is 6. The molecule has 0 fully saturated rings. The molecule has 2 heterocycles. The van der Waals surface area contributed by atoms with E-state index in [9.17, 15) is 18.0 Å². The van der Waals surface area contributed by atoms with E-state index in [0.29, 0.717) is 22.4 Å². The van der Waals surface area contributed by atoms with E-state index < -0.39 is 21.8 Å². The van der Waals surface area contributed by atoms with Crippen LogP contribution in [0.2, 0.25) is 0 Å². The number of benzene rings is 2. The lowest BCUT2D eigenvalue weighted by atomic mass is 10.2. The van der Waals surface area contributed by atoms with E-state index in [1.807, 2.05) is 0 Å². The highest BCUT2D eigenvalue weighted by Crippen LogP contribution is 2.33. The molecule has 1 aromatic heterocycles. The van der Waals surface area contributed by atoms with Gasteiger partial charge in [-0.3, -0.25) is 9.52 Å². The molecule has 3 aromatic rings. The minimum atomic E-state index is -3.89. The van der Waals surface area contributed by atoms with Crippen molar-refractivity contribution in [3.8, 4) is 5.75 Å².